The Balaban J connectivity index is 2.19. The minimum absolute atomic E-state index is 0.0203. The SMILES string of the molecule is CCOc1cc(CNC(C)(C)CC(C)(C)C)cc(Br)c1OCc1c(Cl)cccc1Cl. The third-order valence-electron chi connectivity index (χ3n) is 4.54. The van der Waals surface area contributed by atoms with Gasteiger partial charge in [0.1, 0.15) is 6.61 Å². The molecule has 30 heavy (non-hydrogen) atoms. The first-order chi connectivity index (χ1) is 13.9. The Morgan fingerprint density at radius 2 is 1.63 bits per heavy atom. The fourth-order valence-electron chi connectivity index (χ4n) is 3.67. The molecule has 1 N–H and O–H groups in total. The summed E-state index contributed by atoms with van der Waals surface area (Å²) in [5.74, 6) is 1.34. The van der Waals surface area contributed by atoms with Crippen LogP contribution >= 0.6 is 39.1 Å². The van der Waals surface area contributed by atoms with Crippen LogP contribution in [-0.2, 0) is 13.2 Å². The van der Waals surface area contributed by atoms with Crippen LogP contribution in [0.5, 0.6) is 11.5 Å². The minimum Gasteiger partial charge on any atom is -0.490 e. The smallest absolute Gasteiger partial charge is 0.175 e. The number of rotatable bonds is 9. The summed E-state index contributed by atoms with van der Waals surface area (Å²) < 4.78 is 12.8. The van der Waals surface area contributed by atoms with Gasteiger partial charge in [0.15, 0.2) is 11.5 Å². The summed E-state index contributed by atoms with van der Waals surface area (Å²) in [4.78, 5) is 0. The quantitative estimate of drug-likeness (QED) is 0.365. The maximum Gasteiger partial charge on any atom is 0.175 e. The predicted octanol–water partition coefficient (Wildman–Crippen LogP) is 8.04. The molecule has 0 aliphatic heterocycles. The Labute approximate surface area is 199 Å². The van der Waals surface area contributed by atoms with Gasteiger partial charge in [0.2, 0.25) is 0 Å². The van der Waals surface area contributed by atoms with Gasteiger partial charge >= 0.3 is 0 Å². The van der Waals surface area contributed by atoms with E-state index in [9.17, 15) is 0 Å². The van der Waals surface area contributed by atoms with Gasteiger partial charge in [-0.1, -0.05) is 50.0 Å². The van der Waals surface area contributed by atoms with E-state index < -0.39 is 0 Å². The van der Waals surface area contributed by atoms with E-state index in [0.29, 0.717) is 28.2 Å². The average molecular weight is 517 g/mol. The molecule has 0 radical (unpaired) electrons. The molecule has 0 fully saturated rings. The van der Waals surface area contributed by atoms with E-state index in [1.54, 1.807) is 12.1 Å². The van der Waals surface area contributed by atoms with Gasteiger partial charge in [0.25, 0.3) is 0 Å². The largest absolute Gasteiger partial charge is 0.490 e. The lowest BCUT2D eigenvalue weighted by Gasteiger charge is -2.33. The molecule has 0 saturated heterocycles. The van der Waals surface area contributed by atoms with Crippen molar-refractivity contribution in [2.45, 2.75) is 66.7 Å². The summed E-state index contributed by atoms with van der Waals surface area (Å²) in [5.41, 5.74) is 2.15. The Morgan fingerprint density at radius 1 is 1.00 bits per heavy atom. The van der Waals surface area contributed by atoms with Crippen LogP contribution in [0.2, 0.25) is 10.0 Å². The van der Waals surface area contributed by atoms with Crippen molar-refractivity contribution in [3.8, 4) is 11.5 Å². The second-order valence-corrected chi connectivity index (χ2v) is 11.0. The van der Waals surface area contributed by atoms with Gasteiger partial charge in [-0.05, 0) is 78.4 Å². The zero-order valence-electron chi connectivity index (χ0n) is 18.7. The zero-order valence-corrected chi connectivity index (χ0v) is 21.8. The van der Waals surface area contributed by atoms with E-state index >= 15 is 0 Å². The van der Waals surface area contributed by atoms with E-state index in [1.165, 1.54) is 0 Å². The minimum atomic E-state index is 0.0203. The summed E-state index contributed by atoms with van der Waals surface area (Å²) in [5, 5.41) is 4.83. The van der Waals surface area contributed by atoms with Gasteiger partial charge < -0.3 is 14.8 Å². The Morgan fingerprint density at radius 3 is 2.20 bits per heavy atom. The van der Waals surface area contributed by atoms with Crippen molar-refractivity contribution >= 4 is 39.1 Å². The molecule has 0 unspecified atom stereocenters. The molecular weight excluding hydrogens is 485 g/mol. The average Bonchev–Trinajstić information content (AvgIpc) is 2.59. The van der Waals surface area contributed by atoms with Crippen LogP contribution in [0.1, 0.15) is 59.1 Å². The monoisotopic (exact) mass is 515 g/mol. The molecule has 166 valence electrons. The van der Waals surface area contributed by atoms with Crippen LogP contribution < -0.4 is 14.8 Å². The molecule has 0 saturated carbocycles. The number of hydrogen-bond acceptors (Lipinski definition) is 3. The molecule has 0 aliphatic carbocycles. The first-order valence-corrected chi connectivity index (χ1v) is 11.7. The van der Waals surface area contributed by atoms with Crippen molar-refractivity contribution in [3.63, 3.8) is 0 Å². The summed E-state index contributed by atoms with van der Waals surface area (Å²) in [7, 11) is 0. The number of halogens is 3. The summed E-state index contributed by atoms with van der Waals surface area (Å²) in [6.45, 7) is 14.8. The van der Waals surface area contributed by atoms with Crippen LogP contribution in [0.4, 0.5) is 0 Å². The highest BCUT2D eigenvalue weighted by Crippen LogP contribution is 2.38. The lowest BCUT2D eigenvalue weighted by atomic mass is 9.82. The van der Waals surface area contributed by atoms with Gasteiger partial charge in [-0.15, -0.1) is 0 Å². The Kier molecular flexibility index (Phi) is 8.93. The molecule has 2 aromatic rings. The van der Waals surface area contributed by atoms with Crippen LogP contribution in [0.25, 0.3) is 0 Å². The zero-order chi connectivity index (χ0) is 22.5. The van der Waals surface area contributed by atoms with Gasteiger partial charge in [0.05, 0.1) is 11.1 Å². The number of benzene rings is 2. The summed E-state index contributed by atoms with van der Waals surface area (Å²) >= 11 is 16.2. The number of ether oxygens (including phenoxy) is 2. The van der Waals surface area contributed by atoms with Crippen LogP contribution in [0.15, 0.2) is 34.8 Å². The van der Waals surface area contributed by atoms with E-state index in [0.717, 1.165) is 28.6 Å². The van der Waals surface area contributed by atoms with Gasteiger partial charge in [-0.25, -0.2) is 0 Å². The second kappa shape index (κ2) is 10.6. The fraction of sp³-hybridized carbons (Fsp3) is 0.500. The summed E-state index contributed by atoms with van der Waals surface area (Å²) in [6.07, 6.45) is 1.07. The normalized spacial score (nSPS) is 12.2. The molecular formula is C24H32BrCl2NO2. The molecule has 0 bridgehead atoms. The lowest BCUT2D eigenvalue weighted by molar-refractivity contribution is 0.240. The van der Waals surface area contributed by atoms with Crippen molar-refractivity contribution < 1.29 is 9.47 Å². The fourth-order valence-corrected chi connectivity index (χ4v) is 4.78. The Hall–Kier alpha value is -0.940. The van der Waals surface area contributed by atoms with Crippen molar-refractivity contribution in [1.82, 2.24) is 5.32 Å². The third kappa shape index (κ3) is 7.64. The highest BCUT2D eigenvalue weighted by atomic mass is 79.9. The molecule has 0 amide bonds. The molecule has 0 spiro atoms. The van der Waals surface area contributed by atoms with Crippen molar-refractivity contribution in [2.24, 2.45) is 5.41 Å². The molecule has 6 heteroatoms. The van der Waals surface area contributed by atoms with Crippen LogP contribution in [-0.4, -0.2) is 12.1 Å². The van der Waals surface area contributed by atoms with E-state index in [2.05, 4.69) is 61.9 Å². The van der Waals surface area contributed by atoms with Gasteiger partial charge in [0, 0.05) is 27.7 Å². The molecule has 2 rings (SSSR count). The maximum absolute atomic E-state index is 6.28. The molecule has 0 aliphatic rings. The predicted molar refractivity (Wildman–Crippen MR) is 131 cm³/mol. The second-order valence-electron chi connectivity index (χ2n) is 9.30. The molecule has 0 atom stereocenters. The molecule has 0 heterocycles. The first-order valence-electron chi connectivity index (χ1n) is 10.2. The maximum atomic E-state index is 6.28. The van der Waals surface area contributed by atoms with Gasteiger partial charge in [-0.3, -0.25) is 0 Å². The van der Waals surface area contributed by atoms with Crippen LogP contribution in [0.3, 0.4) is 0 Å². The standard InChI is InChI=1S/C24H32BrCl2NO2/c1-7-29-21-12-16(13-28-24(5,6)15-23(2,3)4)11-18(25)22(21)30-14-17-19(26)9-8-10-20(17)27/h8-12,28H,7,13-15H2,1-6H3. The van der Waals surface area contributed by atoms with Gasteiger partial charge in [-0.2, -0.15) is 0 Å². The molecule has 3 nitrogen and oxygen atoms in total. The number of hydrogen-bond donors (Lipinski definition) is 1. The topological polar surface area (TPSA) is 30.5 Å². The molecule has 2 aromatic carbocycles. The lowest BCUT2D eigenvalue weighted by Crippen LogP contribution is -2.41. The van der Waals surface area contributed by atoms with E-state index in [4.69, 9.17) is 32.7 Å². The highest BCUT2D eigenvalue weighted by molar-refractivity contribution is 9.10. The van der Waals surface area contributed by atoms with E-state index in [-0.39, 0.29) is 17.6 Å². The van der Waals surface area contributed by atoms with Crippen molar-refractivity contribution in [3.05, 3.63) is 56.0 Å². The third-order valence-corrected chi connectivity index (χ3v) is 5.83. The Bertz CT molecular complexity index is 843. The van der Waals surface area contributed by atoms with Crippen molar-refractivity contribution in [2.75, 3.05) is 6.61 Å². The summed E-state index contributed by atoms with van der Waals surface area (Å²) in [6, 6.07) is 9.51. The first kappa shape index (κ1) is 25.3. The number of nitrogens with one attached hydrogen (secondary N) is 1. The van der Waals surface area contributed by atoms with Crippen molar-refractivity contribution in [1.29, 1.82) is 0 Å². The van der Waals surface area contributed by atoms with Crippen LogP contribution in [0, 0.1) is 5.41 Å². The van der Waals surface area contributed by atoms with E-state index in [1.807, 2.05) is 19.1 Å². The highest BCUT2D eigenvalue weighted by Gasteiger charge is 2.25. The molecule has 0 aromatic heterocycles.